The molecule has 1 atom stereocenters. The van der Waals surface area contributed by atoms with Gasteiger partial charge in [-0.15, -0.1) is 0 Å². The molecule has 200 valence electrons. The molecule has 36 heavy (non-hydrogen) atoms. The van der Waals surface area contributed by atoms with E-state index in [-0.39, 0.29) is 17.4 Å². The van der Waals surface area contributed by atoms with E-state index >= 15 is 0 Å². The van der Waals surface area contributed by atoms with Crippen LogP contribution < -0.4 is 0 Å². The molecule has 0 bridgehead atoms. The number of carbonyl (C=O) groups is 2. The summed E-state index contributed by atoms with van der Waals surface area (Å²) in [7, 11) is 1.73. The van der Waals surface area contributed by atoms with Crippen molar-refractivity contribution in [2.45, 2.75) is 114 Å². The Morgan fingerprint density at radius 2 is 1.56 bits per heavy atom. The number of carboxylic acid groups (broad SMARTS) is 2. The minimum Gasteiger partial charge on any atom is -0.481 e. The zero-order valence-electron chi connectivity index (χ0n) is 22.1. The van der Waals surface area contributed by atoms with E-state index in [9.17, 15) is 14.7 Å². The van der Waals surface area contributed by atoms with Crippen LogP contribution in [0.25, 0.3) is 0 Å². The molecular formula is C29H44N2O4S. The summed E-state index contributed by atoms with van der Waals surface area (Å²) >= 11 is 1.58. The molecule has 0 radical (unpaired) electrons. The van der Waals surface area contributed by atoms with Gasteiger partial charge in [-0.1, -0.05) is 107 Å². The second kappa shape index (κ2) is 17.2. The fourth-order valence-electron chi connectivity index (χ4n) is 4.59. The first-order chi connectivity index (χ1) is 17.4. The fraction of sp³-hybridized carbons (Fsp3) is 0.621. The molecule has 0 saturated carbocycles. The van der Waals surface area contributed by atoms with E-state index in [1.807, 2.05) is 0 Å². The number of aryl methyl sites for hydroxylation is 1. The zero-order valence-corrected chi connectivity index (χ0v) is 22.9. The lowest BCUT2D eigenvalue weighted by Gasteiger charge is -2.20. The number of benzene rings is 1. The van der Waals surface area contributed by atoms with Crippen molar-refractivity contribution in [3.8, 4) is 0 Å². The quantitative estimate of drug-likeness (QED) is 0.137. The minimum absolute atomic E-state index is 0.0980. The third kappa shape index (κ3) is 10.8. The van der Waals surface area contributed by atoms with E-state index in [0.717, 1.165) is 25.7 Å². The molecule has 1 aromatic carbocycles. The number of imidazole rings is 1. The topological polar surface area (TPSA) is 92.4 Å². The lowest BCUT2D eigenvalue weighted by Crippen LogP contribution is -2.07. The Kier molecular flexibility index (Phi) is 14.3. The van der Waals surface area contributed by atoms with Crippen LogP contribution >= 0.6 is 11.8 Å². The molecule has 0 amide bonds. The minimum atomic E-state index is -0.990. The molecular weight excluding hydrogens is 472 g/mol. The van der Waals surface area contributed by atoms with E-state index in [1.54, 1.807) is 23.4 Å². The molecule has 2 rings (SSSR count). The van der Waals surface area contributed by atoms with Gasteiger partial charge < -0.3 is 14.8 Å². The Bertz CT molecular complexity index is 928. The van der Waals surface area contributed by atoms with Crippen molar-refractivity contribution in [3.05, 3.63) is 47.3 Å². The third-order valence-corrected chi connectivity index (χ3v) is 8.09. The van der Waals surface area contributed by atoms with Crippen LogP contribution in [-0.2, 0) is 18.3 Å². The van der Waals surface area contributed by atoms with Crippen molar-refractivity contribution < 1.29 is 19.8 Å². The summed E-state index contributed by atoms with van der Waals surface area (Å²) in [6, 6.07) is 8.52. The molecule has 1 heterocycles. The van der Waals surface area contributed by atoms with Crippen molar-refractivity contribution in [1.29, 1.82) is 0 Å². The van der Waals surface area contributed by atoms with Crippen molar-refractivity contribution in [2.75, 3.05) is 0 Å². The van der Waals surface area contributed by atoms with E-state index in [1.165, 1.54) is 75.1 Å². The summed E-state index contributed by atoms with van der Waals surface area (Å²) in [4.78, 5) is 26.8. The lowest BCUT2D eigenvalue weighted by molar-refractivity contribution is -0.137. The van der Waals surface area contributed by atoms with Gasteiger partial charge in [-0.3, -0.25) is 4.79 Å². The van der Waals surface area contributed by atoms with Gasteiger partial charge in [0.05, 0.1) is 6.20 Å². The molecule has 0 saturated heterocycles. The maximum atomic E-state index is 11.5. The predicted octanol–water partition coefficient (Wildman–Crippen LogP) is 8.06. The fourth-order valence-corrected chi connectivity index (χ4v) is 5.86. The first-order valence-electron chi connectivity index (χ1n) is 13.6. The van der Waals surface area contributed by atoms with E-state index in [2.05, 4.69) is 36.2 Å². The number of carboxylic acids is 2. The SMILES string of the molecule is CCCCCCCCCCCCc1ccccc1C(CCCCC(=O)O)Sc1ncc(C(=O)O)n1C. The Morgan fingerprint density at radius 3 is 2.17 bits per heavy atom. The highest BCUT2D eigenvalue weighted by molar-refractivity contribution is 7.99. The lowest BCUT2D eigenvalue weighted by atomic mass is 9.96. The molecule has 6 nitrogen and oxygen atoms in total. The molecule has 0 aliphatic carbocycles. The number of nitrogens with zero attached hydrogens (tertiary/aromatic N) is 2. The number of aromatic nitrogens is 2. The number of aromatic carboxylic acids is 1. The molecule has 2 aromatic rings. The number of aliphatic carboxylic acids is 1. The van der Waals surface area contributed by atoms with Gasteiger partial charge in [0.2, 0.25) is 0 Å². The monoisotopic (exact) mass is 516 g/mol. The van der Waals surface area contributed by atoms with Crippen LogP contribution in [0.2, 0.25) is 0 Å². The second-order valence-electron chi connectivity index (χ2n) is 9.67. The van der Waals surface area contributed by atoms with Crippen LogP contribution in [0.1, 0.15) is 124 Å². The number of thioether (sulfide) groups is 1. The standard InChI is InChI=1S/C29H44N2O4S/c1-3-4-5-6-7-8-9-10-11-12-17-23-18-13-14-19-24(23)26(20-15-16-21-27(32)33)36-29-30-22-25(28(34)35)31(29)2/h13-14,18-19,22,26H,3-12,15-17,20-21H2,1-2H3,(H,32,33)(H,34,35). The van der Waals surface area contributed by atoms with Gasteiger partial charge in [0.15, 0.2) is 5.16 Å². The van der Waals surface area contributed by atoms with Crippen LogP contribution in [0.4, 0.5) is 0 Å². The Morgan fingerprint density at radius 1 is 0.917 bits per heavy atom. The largest absolute Gasteiger partial charge is 0.481 e. The molecule has 1 aromatic heterocycles. The number of hydrogen-bond donors (Lipinski definition) is 2. The molecule has 0 fully saturated rings. The molecule has 1 unspecified atom stereocenters. The van der Waals surface area contributed by atoms with E-state index < -0.39 is 11.9 Å². The van der Waals surface area contributed by atoms with Gasteiger partial charge in [0, 0.05) is 18.7 Å². The summed E-state index contributed by atoms with van der Waals surface area (Å²) < 4.78 is 1.63. The zero-order chi connectivity index (χ0) is 26.2. The molecule has 0 aliphatic heterocycles. The molecule has 0 aliphatic rings. The normalized spacial score (nSPS) is 12.1. The van der Waals surface area contributed by atoms with E-state index in [0.29, 0.717) is 11.6 Å². The summed E-state index contributed by atoms with van der Waals surface area (Å²) in [5.41, 5.74) is 2.76. The van der Waals surface area contributed by atoms with Crippen molar-refractivity contribution in [3.63, 3.8) is 0 Å². The summed E-state index contributed by atoms with van der Waals surface area (Å²) in [6.45, 7) is 2.26. The maximum Gasteiger partial charge on any atom is 0.354 e. The highest BCUT2D eigenvalue weighted by Gasteiger charge is 2.21. The van der Waals surface area contributed by atoms with Crippen LogP contribution in [0, 0.1) is 0 Å². The van der Waals surface area contributed by atoms with Gasteiger partial charge in [-0.05, 0) is 36.8 Å². The van der Waals surface area contributed by atoms with Crippen molar-refractivity contribution >= 4 is 23.7 Å². The van der Waals surface area contributed by atoms with Crippen LogP contribution in [0.3, 0.4) is 0 Å². The highest BCUT2D eigenvalue weighted by atomic mass is 32.2. The maximum absolute atomic E-state index is 11.5. The van der Waals surface area contributed by atoms with Crippen molar-refractivity contribution in [2.24, 2.45) is 7.05 Å². The highest BCUT2D eigenvalue weighted by Crippen LogP contribution is 2.40. The smallest absolute Gasteiger partial charge is 0.354 e. The Labute approximate surface area is 220 Å². The van der Waals surface area contributed by atoms with E-state index in [4.69, 9.17) is 5.11 Å². The average molecular weight is 517 g/mol. The number of unbranched alkanes of at least 4 members (excludes halogenated alkanes) is 10. The predicted molar refractivity (Wildman–Crippen MR) is 147 cm³/mol. The first-order valence-corrected chi connectivity index (χ1v) is 14.5. The van der Waals surface area contributed by atoms with Gasteiger partial charge >= 0.3 is 11.9 Å². The first kappa shape index (κ1) is 29.9. The second-order valence-corrected chi connectivity index (χ2v) is 10.8. The number of hydrogen-bond acceptors (Lipinski definition) is 4. The average Bonchev–Trinajstić information content (AvgIpc) is 3.22. The molecule has 2 N–H and O–H groups in total. The van der Waals surface area contributed by atoms with Crippen LogP contribution in [0.5, 0.6) is 0 Å². The summed E-state index contributed by atoms with van der Waals surface area (Å²) in [6.07, 6.45) is 18.0. The third-order valence-electron chi connectivity index (χ3n) is 6.72. The molecule has 0 spiro atoms. The summed E-state index contributed by atoms with van der Waals surface area (Å²) in [5.74, 6) is -1.76. The Balaban J connectivity index is 1.97. The van der Waals surface area contributed by atoms with Gasteiger partial charge in [-0.25, -0.2) is 9.78 Å². The van der Waals surface area contributed by atoms with Crippen LogP contribution in [-0.4, -0.2) is 31.7 Å². The summed E-state index contributed by atoms with van der Waals surface area (Å²) in [5, 5.41) is 19.2. The van der Waals surface area contributed by atoms with Gasteiger partial charge in [0.1, 0.15) is 5.69 Å². The Hall–Kier alpha value is -2.28. The molecule has 7 heteroatoms. The van der Waals surface area contributed by atoms with Crippen molar-refractivity contribution in [1.82, 2.24) is 9.55 Å². The van der Waals surface area contributed by atoms with Gasteiger partial charge in [0.25, 0.3) is 0 Å². The van der Waals surface area contributed by atoms with Gasteiger partial charge in [-0.2, -0.15) is 0 Å². The van der Waals surface area contributed by atoms with Crippen LogP contribution in [0.15, 0.2) is 35.6 Å². The number of rotatable bonds is 20.